The molecule has 2 atom stereocenters. The SMILES string of the molecule is CNC[C@@H](O)[C@H](c1ccccc1)N1C(=O)C(C)(C)c2c(F)cccc21. The lowest BCUT2D eigenvalue weighted by Gasteiger charge is -2.33. The van der Waals surface area contributed by atoms with E-state index in [1.165, 1.54) is 6.07 Å². The molecule has 25 heavy (non-hydrogen) atoms. The topological polar surface area (TPSA) is 52.6 Å². The van der Waals surface area contributed by atoms with Crippen molar-refractivity contribution < 1.29 is 14.3 Å². The molecule has 0 spiro atoms. The van der Waals surface area contributed by atoms with E-state index in [4.69, 9.17) is 0 Å². The predicted octanol–water partition coefficient (Wildman–Crippen LogP) is 2.77. The highest BCUT2D eigenvalue weighted by atomic mass is 19.1. The molecule has 2 N–H and O–H groups in total. The van der Waals surface area contributed by atoms with Crippen molar-refractivity contribution in [2.75, 3.05) is 18.5 Å². The van der Waals surface area contributed by atoms with Gasteiger partial charge in [0.1, 0.15) is 5.82 Å². The molecule has 0 unspecified atom stereocenters. The van der Waals surface area contributed by atoms with Gasteiger partial charge in [-0.15, -0.1) is 0 Å². The summed E-state index contributed by atoms with van der Waals surface area (Å²) in [7, 11) is 1.74. The Balaban J connectivity index is 2.17. The number of hydrogen-bond acceptors (Lipinski definition) is 3. The summed E-state index contributed by atoms with van der Waals surface area (Å²) >= 11 is 0. The quantitative estimate of drug-likeness (QED) is 0.878. The molecule has 2 aromatic rings. The number of carbonyl (C=O) groups is 1. The fourth-order valence-electron chi connectivity index (χ4n) is 3.64. The third-order valence-corrected chi connectivity index (χ3v) is 4.83. The number of anilines is 1. The molecule has 0 aliphatic carbocycles. The minimum atomic E-state index is -0.979. The van der Waals surface area contributed by atoms with Gasteiger partial charge >= 0.3 is 0 Å². The predicted molar refractivity (Wildman–Crippen MR) is 96.0 cm³/mol. The normalized spacial score (nSPS) is 18.1. The minimum absolute atomic E-state index is 0.211. The number of hydrogen-bond donors (Lipinski definition) is 2. The summed E-state index contributed by atoms with van der Waals surface area (Å²) in [4.78, 5) is 14.7. The summed E-state index contributed by atoms with van der Waals surface area (Å²) in [5, 5.41) is 13.7. The number of nitrogens with one attached hydrogen (secondary N) is 1. The number of benzene rings is 2. The fraction of sp³-hybridized carbons (Fsp3) is 0.350. The Morgan fingerprint density at radius 3 is 2.48 bits per heavy atom. The highest BCUT2D eigenvalue weighted by Gasteiger charge is 2.49. The third kappa shape index (κ3) is 2.83. The van der Waals surface area contributed by atoms with Crippen LogP contribution in [0, 0.1) is 5.82 Å². The summed E-state index contributed by atoms with van der Waals surface area (Å²) in [5.41, 5.74) is 0.746. The van der Waals surface area contributed by atoms with Gasteiger partial charge in [-0.1, -0.05) is 36.4 Å². The Labute approximate surface area is 147 Å². The van der Waals surface area contributed by atoms with Crippen LogP contribution in [-0.4, -0.2) is 30.7 Å². The minimum Gasteiger partial charge on any atom is -0.389 e. The molecular weight excluding hydrogens is 319 g/mol. The van der Waals surface area contributed by atoms with Crippen molar-refractivity contribution in [1.29, 1.82) is 0 Å². The van der Waals surface area contributed by atoms with E-state index in [9.17, 15) is 14.3 Å². The van der Waals surface area contributed by atoms with E-state index in [0.29, 0.717) is 17.8 Å². The molecule has 0 radical (unpaired) electrons. The Morgan fingerprint density at radius 1 is 1.16 bits per heavy atom. The fourth-order valence-corrected chi connectivity index (χ4v) is 3.64. The molecule has 1 heterocycles. The van der Waals surface area contributed by atoms with Gasteiger partial charge in [0, 0.05) is 12.1 Å². The molecule has 1 amide bonds. The van der Waals surface area contributed by atoms with Crippen molar-refractivity contribution >= 4 is 11.6 Å². The van der Waals surface area contributed by atoms with Crippen LogP contribution >= 0.6 is 0 Å². The molecule has 4 nitrogen and oxygen atoms in total. The van der Waals surface area contributed by atoms with Crippen molar-refractivity contribution in [2.45, 2.75) is 31.4 Å². The number of carbonyl (C=O) groups excluding carboxylic acids is 1. The Kier molecular flexibility index (Phi) is 4.62. The molecule has 132 valence electrons. The first-order valence-corrected chi connectivity index (χ1v) is 8.40. The van der Waals surface area contributed by atoms with E-state index >= 15 is 0 Å². The van der Waals surface area contributed by atoms with Crippen molar-refractivity contribution in [3.63, 3.8) is 0 Å². The monoisotopic (exact) mass is 342 g/mol. The van der Waals surface area contributed by atoms with E-state index in [1.807, 2.05) is 30.3 Å². The average Bonchev–Trinajstić information content (AvgIpc) is 2.78. The number of aliphatic hydroxyl groups is 1. The number of nitrogens with zero attached hydrogens (tertiary/aromatic N) is 1. The van der Waals surface area contributed by atoms with Crippen LogP contribution in [0.5, 0.6) is 0 Å². The first-order chi connectivity index (χ1) is 11.9. The van der Waals surface area contributed by atoms with E-state index in [0.717, 1.165) is 5.56 Å². The second kappa shape index (κ2) is 6.58. The molecular formula is C20H23FN2O2. The largest absolute Gasteiger partial charge is 0.389 e. The summed E-state index contributed by atoms with van der Waals surface area (Å²) in [6.45, 7) is 3.77. The smallest absolute Gasteiger partial charge is 0.237 e. The van der Waals surface area contributed by atoms with Gasteiger partial charge < -0.3 is 15.3 Å². The van der Waals surface area contributed by atoms with E-state index < -0.39 is 23.4 Å². The zero-order chi connectivity index (χ0) is 18.2. The highest BCUT2D eigenvalue weighted by Crippen LogP contribution is 2.47. The van der Waals surface area contributed by atoms with Crippen LogP contribution < -0.4 is 10.2 Å². The van der Waals surface area contributed by atoms with Gasteiger partial charge in [-0.3, -0.25) is 4.79 Å². The van der Waals surface area contributed by atoms with Crippen molar-refractivity contribution in [2.24, 2.45) is 0 Å². The Hall–Kier alpha value is -2.24. The molecule has 1 aliphatic heterocycles. The standard InChI is InChI=1S/C20H23FN2O2/c1-20(2)17-14(21)10-7-11-15(17)23(19(20)25)18(16(24)12-22-3)13-8-5-4-6-9-13/h4-11,16,18,22,24H,12H2,1-3H3/t16-,18+/m1/s1. The Bertz CT molecular complexity index is 777. The molecule has 5 heteroatoms. The van der Waals surface area contributed by atoms with Crippen LogP contribution in [-0.2, 0) is 10.2 Å². The first-order valence-electron chi connectivity index (χ1n) is 8.40. The van der Waals surface area contributed by atoms with Crippen LogP contribution in [0.1, 0.15) is 31.0 Å². The third-order valence-electron chi connectivity index (χ3n) is 4.83. The van der Waals surface area contributed by atoms with Crippen molar-refractivity contribution in [3.05, 3.63) is 65.5 Å². The lowest BCUT2D eigenvalue weighted by molar-refractivity contribution is -0.123. The van der Waals surface area contributed by atoms with Gasteiger partial charge in [-0.25, -0.2) is 4.39 Å². The van der Waals surface area contributed by atoms with Gasteiger partial charge in [-0.05, 0) is 38.6 Å². The lowest BCUT2D eigenvalue weighted by atomic mass is 9.86. The van der Waals surface area contributed by atoms with Crippen molar-refractivity contribution in [1.82, 2.24) is 5.32 Å². The van der Waals surface area contributed by atoms with Crippen LogP contribution in [0.3, 0.4) is 0 Å². The van der Waals surface area contributed by atoms with Gasteiger partial charge in [0.05, 0.1) is 23.2 Å². The molecule has 0 aromatic heterocycles. The molecule has 1 aliphatic rings. The highest BCUT2D eigenvalue weighted by molar-refractivity contribution is 6.08. The lowest BCUT2D eigenvalue weighted by Crippen LogP contribution is -2.45. The zero-order valence-corrected chi connectivity index (χ0v) is 14.7. The maximum atomic E-state index is 14.5. The number of fused-ring (bicyclic) bond motifs is 1. The molecule has 2 aromatic carbocycles. The maximum Gasteiger partial charge on any atom is 0.237 e. The number of rotatable bonds is 5. The van der Waals surface area contributed by atoms with Gasteiger partial charge in [0.15, 0.2) is 0 Å². The number of amides is 1. The summed E-state index contributed by atoms with van der Waals surface area (Å²) < 4.78 is 14.5. The molecule has 0 fully saturated rings. The van der Waals surface area contributed by atoms with E-state index in [1.54, 1.807) is 37.9 Å². The summed E-state index contributed by atoms with van der Waals surface area (Å²) in [6, 6.07) is 13.5. The number of aliphatic hydroxyl groups excluding tert-OH is 1. The average molecular weight is 342 g/mol. The van der Waals surface area contributed by atoms with Crippen LogP contribution in [0.2, 0.25) is 0 Å². The zero-order valence-electron chi connectivity index (χ0n) is 14.7. The molecule has 3 rings (SSSR count). The maximum absolute atomic E-state index is 14.5. The van der Waals surface area contributed by atoms with E-state index in [2.05, 4.69) is 5.32 Å². The second-order valence-electron chi connectivity index (χ2n) is 6.91. The Morgan fingerprint density at radius 2 is 1.84 bits per heavy atom. The number of likely N-dealkylation sites (N-methyl/N-ethyl adjacent to an activating group) is 1. The second-order valence-corrected chi connectivity index (χ2v) is 6.91. The van der Waals surface area contributed by atoms with Gasteiger partial charge in [-0.2, -0.15) is 0 Å². The molecule has 0 bridgehead atoms. The van der Waals surface area contributed by atoms with Crippen LogP contribution in [0.25, 0.3) is 0 Å². The molecule has 0 saturated heterocycles. The van der Waals surface area contributed by atoms with Gasteiger partial charge in [0.25, 0.3) is 0 Å². The van der Waals surface area contributed by atoms with Crippen molar-refractivity contribution in [3.8, 4) is 0 Å². The first kappa shape index (κ1) is 17.6. The number of halogens is 1. The van der Waals surface area contributed by atoms with Crippen LogP contribution in [0.4, 0.5) is 10.1 Å². The van der Waals surface area contributed by atoms with Gasteiger partial charge in [0.2, 0.25) is 5.91 Å². The summed E-state index contributed by atoms with van der Waals surface area (Å²) in [5.74, 6) is -0.607. The molecule has 0 saturated carbocycles. The van der Waals surface area contributed by atoms with E-state index in [-0.39, 0.29) is 5.91 Å². The van der Waals surface area contributed by atoms with Crippen LogP contribution in [0.15, 0.2) is 48.5 Å². The summed E-state index contributed by atoms with van der Waals surface area (Å²) in [6.07, 6.45) is -0.832.